The molecule has 0 unspecified atom stereocenters. The lowest BCUT2D eigenvalue weighted by Gasteiger charge is -2.05. The summed E-state index contributed by atoms with van der Waals surface area (Å²) in [6.07, 6.45) is 1.30. The van der Waals surface area contributed by atoms with Crippen molar-refractivity contribution in [2.24, 2.45) is 0 Å². The van der Waals surface area contributed by atoms with E-state index in [4.69, 9.17) is 11.6 Å². The predicted molar refractivity (Wildman–Crippen MR) is 62.5 cm³/mol. The molecule has 0 aliphatic heterocycles. The van der Waals surface area contributed by atoms with Crippen LogP contribution in [0.3, 0.4) is 0 Å². The minimum atomic E-state index is -1.06. The zero-order valence-electron chi connectivity index (χ0n) is 8.12. The Kier molecular flexibility index (Phi) is 3.26. The standard InChI is InChI=1S/C10H4BrClF2N2O/c11-6-4-15-16(10(17)9(6)12)5-1-2-7(13)8(14)3-5/h1-4H. The van der Waals surface area contributed by atoms with Gasteiger partial charge in [-0.2, -0.15) is 9.78 Å². The van der Waals surface area contributed by atoms with Crippen LogP contribution in [0, 0.1) is 11.6 Å². The van der Waals surface area contributed by atoms with Crippen molar-refractivity contribution in [2.45, 2.75) is 0 Å². The molecule has 88 valence electrons. The molecule has 0 aliphatic carbocycles. The average molecular weight is 322 g/mol. The lowest BCUT2D eigenvalue weighted by atomic mass is 10.3. The molecule has 0 saturated heterocycles. The van der Waals surface area contributed by atoms with Crippen molar-refractivity contribution in [1.29, 1.82) is 0 Å². The Morgan fingerprint density at radius 3 is 2.65 bits per heavy atom. The van der Waals surface area contributed by atoms with Crippen LogP contribution in [-0.2, 0) is 0 Å². The predicted octanol–water partition coefficient (Wildman–Crippen LogP) is 2.93. The van der Waals surface area contributed by atoms with Gasteiger partial charge in [0.25, 0.3) is 5.56 Å². The molecule has 0 spiro atoms. The Hall–Kier alpha value is -1.27. The van der Waals surface area contributed by atoms with Crippen molar-refractivity contribution in [3.63, 3.8) is 0 Å². The maximum Gasteiger partial charge on any atom is 0.291 e. The lowest BCUT2D eigenvalue weighted by molar-refractivity contribution is 0.507. The number of aromatic nitrogens is 2. The fraction of sp³-hybridized carbons (Fsp3) is 0. The number of benzene rings is 1. The highest BCUT2D eigenvalue weighted by atomic mass is 79.9. The van der Waals surface area contributed by atoms with E-state index in [9.17, 15) is 13.6 Å². The Morgan fingerprint density at radius 2 is 2.00 bits per heavy atom. The summed E-state index contributed by atoms with van der Waals surface area (Å²) >= 11 is 8.75. The van der Waals surface area contributed by atoms with Crippen molar-refractivity contribution in [3.8, 4) is 5.69 Å². The molecule has 7 heteroatoms. The summed E-state index contributed by atoms with van der Waals surface area (Å²) in [6.45, 7) is 0. The molecule has 0 fully saturated rings. The second-order valence-corrected chi connectivity index (χ2v) is 4.35. The Morgan fingerprint density at radius 1 is 1.29 bits per heavy atom. The maximum absolute atomic E-state index is 13.0. The van der Waals surface area contributed by atoms with Crippen LogP contribution in [0.5, 0.6) is 0 Å². The number of rotatable bonds is 1. The van der Waals surface area contributed by atoms with Crippen molar-refractivity contribution in [1.82, 2.24) is 9.78 Å². The van der Waals surface area contributed by atoms with Crippen LogP contribution in [0.1, 0.15) is 0 Å². The van der Waals surface area contributed by atoms with Crippen molar-refractivity contribution < 1.29 is 8.78 Å². The minimum Gasteiger partial charge on any atom is -0.266 e. The largest absolute Gasteiger partial charge is 0.291 e. The fourth-order valence-electron chi connectivity index (χ4n) is 1.21. The van der Waals surface area contributed by atoms with Gasteiger partial charge >= 0.3 is 0 Å². The monoisotopic (exact) mass is 320 g/mol. The molecule has 1 aromatic carbocycles. The maximum atomic E-state index is 13.0. The first-order chi connectivity index (χ1) is 8.00. The van der Waals surface area contributed by atoms with E-state index in [2.05, 4.69) is 21.0 Å². The molecular weight excluding hydrogens is 317 g/mol. The summed E-state index contributed by atoms with van der Waals surface area (Å²) in [5, 5.41) is 3.68. The molecule has 2 rings (SSSR count). The van der Waals surface area contributed by atoms with E-state index in [0.717, 1.165) is 16.8 Å². The lowest BCUT2D eigenvalue weighted by Crippen LogP contribution is -2.21. The van der Waals surface area contributed by atoms with Gasteiger partial charge in [0, 0.05) is 6.07 Å². The second-order valence-electron chi connectivity index (χ2n) is 3.12. The van der Waals surface area contributed by atoms with Crippen LogP contribution < -0.4 is 5.56 Å². The Balaban J connectivity index is 2.65. The van der Waals surface area contributed by atoms with Crippen molar-refractivity contribution in [2.75, 3.05) is 0 Å². The number of hydrogen-bond donors (Lipinski definition) is 0. The van der Waals surface area contributed by atoms with Gasteiger partial charge in [0.15, 0.2) is 11.6 Å². The van der Waals surface area contributed by atoms with Gasteiger partial charge in [0.2, 0.25) is 0 Å². The SMILES string of the molecule is O=c1c(Cl)c(Br)cnn1-c1ccc(F)c(F)c1. The highest BCUT2D eigenvalue weighted by Gasteiger charge is 2.10. The van der Waals surface area contributed by atoms with Gasteiger partial charge in [-0.3, -0.25) is 4.79 Å². The van der Waals surface area contributed by atoms with Crippen LogP contribution in [0.25, 0.3) is 5.69 Å². The van der Waals surface area contributed by atoms with E-state index < -0.39 is 17.2 Å². The third-order valence-electron chi connectivity index (χ3n) is 2.02. The molecule has 0 radical (unpaired) electrons. The summed E-state index contributed by atoms with van der Waals surface area (Å²) in [5.41, 5.74) is -0.518. The summed E-state index contributed by atoms with van der Waals surface area (Å²) in [5.74, 6) is -2.06. The molecule has 0 aliphatic rings. The van der Waals surface area contributed by atoms with E-state index in [1.807, 2.05) is 0 Å². The van der Waals surface area contributed by atoms with E-state index >= 15 is 0 Å². The number of halogens is 4. The zero-order chi connectivity index (χ0) is 12.6. The molecule has 17 heavy (non-hydrogen) atoms. The molecular formula is C10H4BrClF2N2O. The first kappa shape index (κ1) is 12.2. The third kappa shape index (κ3) is 2.23. The average Bonchev–Trinajstić information content (AvgIpc) is 2.30. The second kappa shape index (κ2) is 4.54. The van der Waals surface area contributed by atoms with Crippen LogP contribution in [0.4, 0.5) is 8.78 Å². The van der Waals surface area contributed by atoms with E-state index in [0.29, 0.717) is 4.47 Å². The van der Waals surface area contributed by atoms with Gasteiger partial charge in [-0.05, 0) is 28.1 Å². The molecule has 0 N–H and O–H groups in total. The van der Waals surface area contributed by atoms with Crippen LogP contribution in [0.15, 0.2) is 33.7 Å². The van der Waals surface area contributed by atoms with Gasteiger partial charge < -0.3 is 0 Å². The zero-order valence-corrected chi connectivity index (χ0v) is 10.5. The number of hydrogen-bond acceptors (Lipinski definition) is 2. The normalized spacial score (nSPS) is 10.6. The van der Waals surface area contributed by atoms with Crippen LogP contribution in [0.2, 0.25) is 5.02 Å². The molecule has 0 saturated carbocycles. The van der Waals surface area contributed by atoms with Crippen LogP contribution in [-0.4, -0.2) is 9.78 Å². The number of nitrogens with zero attached hydrogens (tertiary/aromatic N) is 2. The van der Waals surface area contributed by atoms with E-state index in [1.165, 1.54) is 12.3 Å². The van der Waals surface area contributed by atoms with Crippen molar-refractivity contribution >= 4 is 27.5 Å². The van der Waals surface area contributed by atoms with Gasteiger partial charge in [0.1, 0.15) is 5.02 Å². The Labute approximate surface area is 108 Å². The molecule has 1 aromatic heterocycles. The van der Waals surface area contributed by atoms with E-state index in [1.54, 1.807) is 0 Å². The molecule has 0 bridgehead atoms. The summed E-state index contributed by atoms with van der Waals surface area (Å²) in [7, 11) is 0. The Bertz CT molecular complexity index is 645. The van der Waals surface area contributed by atoms with Crippen molar-refractivity contribution in [3.05, 3.63) is 55.9 Å². The fourth-order valence-corrected chi connectivity index (χ4v) is 1.60. The molecule has 3 nitrogen and oxygen atoms in total. The van der Waals surface area contributed by atoms with Gasteiger partial charge in [0.05, 0.1) is 16.4 Å². The first-order valence-electron chi connectivity index (χ1n) is 4.39. The summed E-state index contributed by atoms with van der Waals surface area (Å²) < 4.78 is 27.0. The van der Waals surface area contributed by atoms with Crippen LogP contribution >= 0.6 is 27.5 Å². The summed E-state index contributed by atoms with van der Waals surface area (Å²) in [4.78, 5) is 11.7. The molecule has 0 atom stereocenters. The first-order valence-corrected chi connectivity index (χ1v) is 5.56. The molecule has 0 amide bonds. The molecule has 1 heterocycles. The summed E-state index contributed by atoms with van der Waals surface area (Å²) in [6, 6.07) is 3.01. The highest BCUT2D eigenvalue weighted by Crippen LogP contribution is 2.17. The van der Waals surface area contributed by atoms with Gasteiger partial charge in [-0.1, -0.05) is 11.6 Å². The minimum absolute atomic E-state index is 0.0790. The quantitative estimate of drug-likeness (QED) is 0.809. The molecule has 2 aromatic rings. The third-order valence-corrected chi connectivity index (χ3v) is 3.22. The topological polar surface area (TPSA) is 34.9 Å². The van der Waals surface area contributed by atoms with E-state index in [-0.39, 0.29) is 10.7 Å². The smallest absolute Gasteiger partial charge is 0.266 e. The highest BCUT2D eigenvalue weighted by molar-refractivity contribution is 9.10. The van der Waals surface area contributed by atoms with Gasteiger partial charge in [-0.25, -0.2) is 8.78 Å². The van der Waals surface area contributed by atoms with Gasteiger partial charge in [-0.15, -0.1) is 0 Å².